The van der Waals surface area contributed by atoms with Crippen molar-refractivity contribution in [1.82, 2.24) is 0 Å². The fourth-order valence-corrected chi connectivity index (χ4v) is 1.41. The van der Waals surface area contributed by atoms with Crippen molar-refractivity contribution < 1.29 is 13.9 Å². The van der Waals surface area contributed by atoms with Gasteiger partial charge in [-0.05, 0) is 54.4 Å². The second-order valence-corrected chi connectivity index (χ2v) is 5.23. The van der Waals surface area contributed by atoms with Crippen molar-refractivity contribution in [3.05, 3.63) is 35.4 Å². The molecule has 1 aromatic rings. The Morgan fingerprint density at radius 2 is 1.81 bits per heavy atom. The Morgan fingerprint density at radius 1 is 1.31 bits per heavy atom. The zero-order valence-electron chi connectivity index (χ0n) is 9.46. The van der Waals surface area contributed by atoms with Crippen LogP contribution in [0.15, 0.2) is 24.3 Å². The van der Waals surface area contributed by atoms with Crippen LogP contribution in [-0.4, -0.2) is 11.6 Å². The summed E-state index contributed by atoms with van der Waals surface area (Å²) in [6.07, 6.45) is 0. The molecule has 0 aliphatic rings. The molecule has 0 N–H and O–H groups in total. The third-order valence-corrected chi connectivity index (χ3v) is 2.33. The van der Waals surface area contributed by atoms with Gasteiger partial charge in [0.15, 0.2) is 5.08 Å². The minimum absolute atomic E-state index is 0.399. The van der Waals surface area contributed by atoms with Gasteiger partial charge >= 0.3 is 5.97 Å². The highest BCUT2D eigenvalue weighted by Crippen LogP contribution is 2.24. The molecule has 1 aromatic carbocycles. The average molecular weight is 289 g/mol. The predicted octanol–water partition coefficient (Wildman–Crippen LogP) is 4.00. The molecule has 0 bridgehead atoms. The molecule has 0 heterocycles. The van der Waals surface area contributed by atoms with Crippen LogP contribution in [0.25, 0.3) is 0 Å². The van der Waals surface area contributed by atoms with Gasteiger partial charge in [0.2, 0.25) is 0 Å². The summed E-state index contributed by atoms with van der Waals surface area (Å²) in [7, 11) is 0. The van der Waals surface area contributed by atoms with Gasteiger partial charge in [-0.1, -0.05) is 12.1 Å². The molecule has 1 rings (SSSR count). The maximum absolute atomic E-state index is 12.8. The summed E-state index contributed by atoms with van der Waals surface area (Å²) in [5.41, 5.74) is 0.382. The summed E-state index contributed by atoms with van der Waals surface area (Å²) in [6, 6.07) is 6.21. The van der Waals surface area contributed by atoms with Crippen molar-refractivity contribution in [2.24, 2.45) is 0 Å². The topological polar surface area (TPSA) is 26.3 Å². The Hall–Kier alpha value is -0.900. The molecule has 88 valence electrons. The molecule has 0 aromatic heterocycles. The third-order valence-electron chi connectivity index (χ3n) is 1.80. The fraction of sp³-hybridized carbons (Fsp3) is 0.417. The highest BCUT2D eigenvalue weighted by atomic mass is 79.9. The quantitative estimate of drug-likeness (QED) is 0.607. The summed E-state index contributed by atoms with van der Waals surface area (Å²) >= 11 is 2.81. The number of alkyl halides is 2. The van der Waals surface area contributed by atoms with Crippen LogP contribution in [0.3, 0.4) is 0 Å². The van der Waals surface area contributed by atoms with Crippen LogP contribution in [0.1, 0.15) is 41.8 Å². The largest absolute Gasteiger partial charge is 0.456 e. The first-order valence-corrected chi connectivity index (χ1v) is 5.82. The van der Waals surface area contributed by atoms with E-state index < -0.39 is 16.7 Å². The number of rotatable bonds is 2. The van der Waals surface area contributed by atoms with E-state index in [1.807, 2.05) is 0 Å². The zero-order valence-corrected chi connectivity index (χ0v) is 11.0. The summed E-state index contributed by atoms with van der Waals surface area (Å²) < 4.78 is 18.0. The summed E-state index contributed by atoms with van der Waals surface area (Å²) in [4.78, 5) is 11.6. The van der Waals surface area contributed by atoms with Gasteiger partial charge in [-0.2, -0.15) is 0 Å². The van der Waals surface area contributed by atoms with Gasteiger partial charge in [0, 0.05) is 0 Å². The van der Waals surface area contributed by atoms with E-state index in [2.05, 4.69) is 15.9 Å². The van der Waals surface area contributed by atoms with Gasteiger partial charge in [-0.25, -0.2) is 9.18 Å². The van der Waals surface area contributed by atoms with Gasteiger partial charge < -0.3 is 4.74 Å². The van der Waals surface area contributed by atoms with Crippen molar-refractivity contribution in [2.45, 2.75) is 31.5 Å². The van der Waals surface area contributed by atoms with E-state index in [-0.39, 0.29) is 0 Å². The Balaban J connectivity index is 2.78. The minimum Gasteiger partial charge on any atom is -0.456 e. The summed E-state index contributed by atoms with van der Waals surface area (Å²) in [5.74, 6) is -0.399. The van der Waals surface area contributed by atoms with Crippen LogP contribution in [0, 0.1) is 0 Å². The van der Waals surface area contributed by atoms with E-state index in [0.29, 0.717) is 11.1 Å². The maximum Gasteiger partial charge on any atom is 0.338 e. The zero-order chi connectivity index (χ0) is 12.3. The normalized spacial score (nSPS) is 13.3. The number of esters is 1. The fourth-order valence-electron chi connectivity index (χ4n) is 1.10. The second kappa shape index (κ2) is 4.95. The lowest BCUT2D eigenvalue weighted by Crippen LogP contribution is -2.23. The van der Waals surface area contributed by atoms with Crippen LogP contribution < -0.4 is 0 Å². The van der Waals surface area contributed by atoms with E-state index in [1.54, 1.807) is 45.0 Å². The molecular formula is C12H14BrFO2. The smallest absolute Gasteiger partial charge is 0.338 e. The van der Waals surface area contributed by atoms with Crippen LogP contribution >= 0.6 is 15.9 Å². The van der Waals surface area contributed by atoms with Crippen LogP contribution in [0.2, 0.25) is 0 Å². The molecular weight excluding hydrogens is 275 g/mol. The predicted molar refractivity (Wildman–Crippen MR) is 64.4 cm³/mol. The first-order chi connectivity index (χ1) is 7.29. The van der Waals surface area contributed by atoms with E-state index in [9.17, 15) is 9.18 Å². The van der Waals surface area contributed by atoms with Crippen molar-refractivity contribution in [3.8, 4) is 0 Å². The Bertz CT molecular complexity index is 366. The number of carbonyl (C=O) groups excluding carboxylic acids is 1. The van der Waals surface area contributed by atoms with Gasteiger partial charge in [0.25, 0.3) is 0 Å². The molecule has 1 atom stereocenters. The molecule has 0 aliphatic heterocycles. The van der Waals surface area contributed by atoms with E-state index >= 15 is 0 Å². The number of hydrogen-bond acceptors (Lipinski definition) is 2. The van der Waals surface area contributed by atoms with Crippen molar-refractivity contribution in [3.63, 3.8) is 0 Å². The summed E-state index contributed by atoms with van der Waals surface area (Å²) in [5, 5.41) is -1.21. The van der Waals surface area contributed by atoms with Crippen LogP contribution in [-0.2, 0) is 4.74 Å². The average Bonchev–Trinajstić information content (AvgIpc) is 2.15. The van der Waals surface area contributed by atoms with Crippen molar-refractivity contribution in [2.75, 3.05) is 0 Å². The molecule has 0 saturated heterocycles. The lowest BCUT2D eigenvalue weighted by Gasteiger charge is -2.19. The molecule has 2 nitrogen and oxygen atoms in total. The highest BCUT2D eigenvalue weighted by Gasteiger charge is 2.17. The molecule has 0 fully saturated rings. The molecule has 0 amide bonds. The van der Waals surface area contributed by atoms with Crippen LogP contribution in [0.4, 0.5) is 4.39 Å². The number of ether oxygens (including phenoxy) is 1. The molecule has 0 spiro atoms. The molecule has 4 heteroatoms. The van der Waals surface area contributed by atoms with Gasteiger partial charge in [-0.15, -0.1) is 0 Å². The number of benzene rings is 1. The van der Waals surface area contributed by atoms with E-state index in [0.717, 1.165) is 0 Å². The van der Waals surface area contributed by atoms with E-state index in [4.69, 9.17) is 4.74 Å². The first kappa shape index (κ1) is 13.2. The number of hydrogen-bond donors (Lipinski definition) is 0. The third kappa shape index (κ3) is 3.93. The van der Waals surface area contributed by atoms with Crippen LogP contribution in [0.5, 0.6) is 0 Å². The van der Waals surface area contributed by atoms with Gasteiger partial charge in [0.1, 0.15) is 5.60 Å². The number of halogens is 2. The van der Waals surface area contributed by atoms with Gasteiger partial charge in [0.05, 0.1) is 5.56 Å². The first-order valence-electron chi connectivity index (χ1n) is 4.91. The molecule has 0 aliphatic carbocycles. The van der Waals surface area contributed by atoms with Crippen molar-refractivity contribution >= 4 is 21.9 Å². The van der Waals surface area contributed by atoms with E-state index in [1.165, 1.54) is 0 Å². The summed E-state index contributed by atoms with van der Waals surface area (Å²) in [6.45, 7) is 5.40. The maximum atomic E-state index is 12.8. The second-order valence-electron chi connectivity index (χ2n) is 4.42. The monoisotopic (exact) mass is 288 g/mol. The molecule has 0 saturated carbocycles. The molecule has 1 unspecified atom stereocenters. The Labute approximate surface area is 103 Å². The Morgan fingerprint density at radius 3 is 2.19 bits per heavy atom. The van der Waals surface area contributed by atoms with Crippen molar-refractivity contribution in [1.29, 1.82) is 0 Å². The minimum atomic E-state index is -1.21. The lowest BCUT2D eigenvalue weighted by atomic mass is 10.1. The standard InChI is InChI=1S/C12H14BrFO2/c1-12(2,3)16-11(15)9-6-4-8(5-7-9)10(13)14/h4-7,10H,1-3H3. The SMILES string of the molecule is CC(C)(C)OC(=O)c1ccc(C(F)Br)cc1. The lowest BCUT2D eigenvalue weighted by molar-refractivity contribution is 0.00695. The van der Waals surface area contributed by atoms with Gasteiger partial charge in [-0.3, -0.25) is 0 Å². The molecule has 16 heavy (non-hydrogen) atoms. The highest BCUT2D eigenvalue weighted by molar-refractivity contribution is 9.09. The molecule has 0 radical (unpaired) electrons. The number of carbonyl (C=O) groups is 1. The Kier molecular flexibility index (Phi) is 4.08.